The summed E-state index contributed by atoms with van der Waals surface area (Å²) in [5.41, 5.74) is 1.58. The summed E-state index contributed by atoms with van der Waals surface area (Å²) >= 11 is 7.70. The molecule has 0 aliphatic carbocycles. The number of ether oxygens (including phenoxy) is 2. The fourth-order valence-corrected chi connectivity index (χ4v) is 5.15. The molecule has 3 aromatic rings. The molecular weight excluding hydrogens is 480 g/mol. The third-order valence-electron chi connectivity index (χ3n) is 5.74. The minimum absolute atomic E-state index is 0.0742. The van der Waals surface area contributed by atoms with Gasteiger partial charge in [0.2, 0.25) is 0 Å². The Hall–Kier alpha value is -2.79. The average molecular weight is 505 g/mol. The normalized spacial score (nSPS) is 14.3. The van der Waals surface area contributed by atoms with E-state index in [4.69, 9.17) is 26.1 Å². The van der Waals surface area contributed by atoms with Gasteiger partial charge in [-0.2, -0.15) is 0 Å². The van der Waals surface area contributed by atoms with E-state index in [1.807, 2.05) is 19.1 Å². The zero-order valence-electron chi connectivity index (χ0n) is 19.0. The van der Waals surface area contributed by atoms with Crippen LogP contribution in [0.1, 0.15) is 22.3 Å². The highest BCUT2D eigenvalue weighted by molar-refractivity contribution is 7.22. The molecule has 1 amide bonds. The van der Waals surface area contributed by atoms with Gasteiger partial charge in [-0.25, -0.2) is 4.98 Å². The van der Waals surface area contributed by atoms with Gasteiger partial charge in [-0.05, 0) is 31.0 Å². The number of benzene rings is 2. The van der Waals surface area contributed by atoms with Gasteiger partial charge in [0, 0.05) is 38.3 Å². The van der Waals surface area contributed by atoms with Crippen molar-refractivity contribution in [1.29, 1.82) is 0 Å². The summed E-state index contributed by atoms with van der Waals surface area (Å²) in [5.74, 6) is 0.198. The quantitative estimate of drug-likeness (QED) is 0.328. The molecule has 9 nitrogen and oxygen atoms in total. The molecule has 0 radical (unpaired) electrons. The number of hydrogen-bond acceptors (Lipinski definition) is 8. The Balaban J connectivity index is 1.69. The third kappa shape index (κ3) is 5.15. The molecule has 180 valence electrons. The Kier molecular flexibility index (Phi) is 7.62. The summed E-state index contributed by atoms with van der Waals surface area (Å²) in [6.07, 6.45) is 0.699. The number of carbonyl (C=O) groups is 1. The van der Waals surface area contributed by atoms with Gasteiger partial charge in [-0.15, -0.1) is 0 Å². The van der Waals surface area contributed by atoms with Crippen LogP contribution in [0.3, 0.4) is 0 Å². The molecule has 1 fully saturated rings. The SMILES string of the molecule is COc1ccc(C)c2sc(N(CCCN3CCOCC3)C(=O)c3cc([N+](=O)[O-])ccc3Cl)nc12. The van der Waals surface area contributed by atoms with Crippen LogP contribution in [0.4, 0.5) is 10.8 Å². The second kappa shape index (κ2) is 10.6. The number of rotatable bonds is 8. The lowest BCUT2D eigenvalue weighted by molar-refractivity contribution is -0.384. The molecular formula is C23H25ClN4O5S. The minimum Gasteiger partial charge on any atom is -0.494 e. The maximum atomic E-state index is 13.7. The number of anilines is 1. The van der Waals surface area contributed by atoms with Gasteiger partial charge in [0.15, 0.2) is 5.13 Å². The Labute approximate surface area is 206 Å². The lowest BCUT2D eigenvalue weighted by Crippen LogP contribution is -2.39. The predicted octanol–water partition coefficient (Wildman–Crippen LogP) is 4.54. The van der Waals surface area contributed by atoms with Crippen LogP contribution in [0, 0.1) is 17.0 Å². The summed E-state index contributed by atoms with van der Waals surface area (Å²) in [7, 11) is 1.58. The number of nitrogens with zero attached hydrogens (tertiary/aromatic N) is 4. The number of amides is 1. The first-order valence-corrected chi connectivity index (χ1v) is 12.1. The lowest BCUT2D eigenvalue weighted by Gasteiger charge is -2.27. The molecule has 0 saturated carbocycles. The molecule has 1 aliphatic rings. The number of halogens is 1. The lowest BCUT2D eigenvalue weighted by atomic mass is 10.1. The molecule has 1 saturated heterocycles. The summed E-state index contributed by atoms with van der Waals surface area (Å²) in [5, 5.41) is 12.0. The molecule has 4 rings (SSSR count). The van der Waals surface area contributed by atoms with Crippen molar-refractivity contribution in [3.05, 3.63) is 56.6 Å². The highest BCUT2D eigenvalue weighted by Crippen LogP contribution is 2.37. The van der Waals surface area contributed by atoms with E-state index in [1.54, 1.807) is 12.0 Å². The number of nitro benzene ring substituents is 1. The van der Waals surface area contributed by atoms with Crippen molar-refractivity contribution in [3.8, 4) is 5.75 Å². The first kappa shape index (κ1) is 24.3. The van der Waals surface area contributed by atoms with Crippen LogP contribution < -0.4 is 9.64 Å². The maximum absolute atomic E-state index is 13.7. The first-order chi connectivity index (χ1) is 16.4. The molecule has 34 heavy (non-hydrogen) atoms. The van der Waals surface area contributed by atoms with Gasteiger partial charge in [-0.1, -0.05) is 29.0 Å². The Morgan fingerprint density at radius 2 is 2.09 bits per heavy atom. The van der Waals surface area contributed by atoms with Crippen molar-refractivity contribution in [2.75, 3.05) is 51.4 Å². The van der Waals surface area contributed by atoms with Crippen LogP contribution in [0.25, 0.3) is 10.2 Å². The van der Waals surface area contributed by atoms with Gasteiger partial charge in [0.05, 0.1) is 40.5 Å². The second-order valence-electron chi connectivity index (χ2n) is 7.94. The van der Waals surface area contributed by atoms with Gasteiger partial charge in [0.1, 0.15) is 11.3 Å². The molecule has 0 bridgehead atoms. The van der Waals surface area contributed by atoms with Crippen molar-refractivity contribution in [2.45, 2.75) is 13.3 Å². The summed E-state index contributed by atoms with van der Waals surface area (Å²) in [4.78, 5) is 33.0. The van der Waals surface area contributed by atoms with E-state index in [2.05, 4.69) is 4.90 Å². The number of nitro groups is 1. The fourth-order valence-electron chi connectivity index (χ4n) is 3.88. The Bertz CT molecular complexity index is 1210. The maximum Gasteiger partial charge on any atom is 0.270 e. The zero-order chi connectivity index (χ0) is 24.2. The number of aryl methyl sites for hydroxylation is 1. The second-order valence-corrected chi connectivity index (χ2v) is 9.33. The van der Waals surface area contributed by atoms with E-state index in [9.17, 15) is 14.9 Å². The molecule has 11 heteroatoms. The summed E-state index contributed by atoms with van der Waals surface area (Å²) in [6.45, 7) is 6.25. The topological polar surface area (TPSA) is 98.0 Å². The van der Waals surface area contributed by atoms with Crippen molar-refractivity contribution < 1.29 is 19.2 Å². The van der Waals surface area contributed by atoms with E-state index < -0.39 is 10.8 Å². The largest absolute Gasteiger partial charge is 0.494 e. The van der Waals surface area contributed by atoms with Crippen LogP contribution in [0.2, 0.25) is 5.02 Å². The van der Waals surface area contributed by atoms with Crippen LogP contribution in [-0.4, -0.2) is 67.2 Å². The minimum atomic E-state index is -0.540. The molecule has 0 spiro atoms. The zero-order valence-corrected chi connectivity index (χ0v) is 20.5. The van der Waals surface area contributed by atoms with Crippen LogP contribution >= 0.6 is 22.9 Å². The Morgan fingerprint density at radius 1 is 1.32 bits per heavy atom. The summed E-state index contributed by atoms with van der Waals surface area (Å²) < 4.78 is 11.8. The monoisotopic (exact) mass is 504 g/mol. The summed E-state index contributed by atoms with van der Waals surface area (Å²) in [6, 6.07) is 7.69. The van der Waals surface area contributed by atoms with Crippen molar-refractivity contribution in [1.82, 2.24) is 9.88 Å². The smallest absolute Gasteiger partial charge is 0.270 e. The number of methoxy groups -OCH3 is 1. The van der Waals surface area contributed by atoms with Crippen molar-refractivity contribution in [3.63, 3.8) is 0 Å². The van der Waals surface area contributed by atoms with Gasteiger partial charge < -0.3 is 9.47 Å². The number of fused-ring (bicyclic) bond motifs is 1. The highest BCUT2D eigenvalue weighted by atomic mass is 35.5. The number of carbonyl (C=O) groups excluding carboxylic acids is 1. The van der Waals surface area contributed by atoms with E-state index in [1.165, 1.54) is 29.5 Å². The fraction of sp³-hybridized carbons (Fsp3) is 0.391. The first-order valence-electron chi connectivity index (χ1n) is 10.9. The number of aromatic nitrogens is 1. The van der Waals surface area contributed by atoms with Crippen LogP contribution in [0.5, 0.6) is 5.75 Å². The number of hydrogen-bond donors (Lipinski definition) is 0. The van der Waals surface area contributed by atoms with Crippen LogP contribution in [-0.2, 0) is 4.74 Å². The van der Waals surface area contributed by atoms with Crippen molar-refractivity contribution >= 4 is 49.9 Å². The molecule has 0 atom stereocenters. The number of thiazole rings is 1. The van der Waals surface area contributed by atoms with Crippen LogP contribution in [0.15, 0.2) is 30.3 Å². The number of morpholine rings is 1. The molecule has 2 heterocycles. The third-order valence-corrected chi connectivity index (χ3v) is 7.28. The molecule has 1 aromatic heterocycles. The predicted molar refractivity (Wildman–Crippen MR) is 133 cm³/mol. The van der Waals surface area contributed by atoms with E-state index in [0.29, 0.717) is 42.6 Å². The van der Waals surface area contributed by atoms with Crippen molar-refractivity contribution in [2.24, 2.45) is 0 Å². The van der Waals surface area contributed by atoms with Gasteiger partial charge in [-0.3, -0.25) is 24.7 Å². The Morgan fingerprint density at radius 3 is 2.79 bits per heavy atom. The van der Waals surface area contributed by atoms with Gasteiger partial charge >= 0.3 is 0 Å². The highest BCUT2D eigenvalue weighted by Gasteiger charge is 2.26. The van der Waals surface area contributed by atoms with E-state index in [-0.39, 0.29) is 16.3 Å². The van der Waals surface area contributed by atoms with E-state index in [0.717, 1.165) is 29.9 Å². The molecule has 0 N–H and O–H groups in total. The molecule has 2 aromatic carbocycles. The standard InChI is InChI=1S/C23H25ClN4O5S/c1-15-4-7-19(32-2)20-21(15)34-23(25-20)27(9-3-8-26-10-12-33-13-11-26)22(29)17-14-16(28(30)31)5-6-18(17)24/h4-7,14H,3,8-13H2,1-2H3. The number of non-ortho nitro benzene ring substituents is 1. The average Bonchev–Trinajstić information content (AvgIpc) is 3.28. The molecule has 0 unspecified atom stereocenters. The molecule has 1 aliphatic heterocycles. The van der Waals surface area contributed by atoms with Gasteiger partial charge in [0.25, 0.3) is 11.6 Å². The van der Waals surface area contributed by atoms with E-state index >= 15 is 0 Å².